The van der Waals surface area contributed by atoms with Crippen LogP contribution in [0.5, 0.6) is 0 Å². The first-order valence-electron chi connectivity index (χ1n) is 7.87. The predicted octanol–water partition coefficient (Wildman–Crippen LogP) is 4.51. The average molecular weight is 342 g/mol. The maximum Gasteiger partial charge on any atom is 0.389 e. The van der Waals surface area contributed by atoms with Crippen molar-refractivity contribution >= 4 is 18.2 Å². The van der Waals surface area contributed by atoms with Gasteiger partial charge in [-0.05, 0) is 31.7 Å². The Kier molecular flexibility index (Phi) is 15.6. The van der Waals surface area contributed by atoms with Crippen LogP contribution in [-0.4, -0.2) is 45.4 Å². The van der Waals surface area contributed by atoms with E-state index in [1.54, 1.807) is 0 Å². The maximum atomic E-state index is 12.6. The number of ether oxygens (including phenoxy) is 2. The first-order valence-corrected chi connectivity index (χ1v) is 11.0. The molecule has 0 rings (SSSR count). The molecule has 0 radical (unpaired) electrons. The van der Waals surface area contributed by atoms with Crippen LogP contribution in [0.15, 0.2) is 0 Å². The Morgan fingerprint density at radius 2 is 1.38 bits per heavy atom. The second kappa shape index (κ2) is 15.3. The van der Waals surface area contributed by atoms with Crippen molar-refractivity contribution in [1.82, 2.24) is 0 Å². The SMILES string of the molecule is CCCCCCSP(=O)(OCCOCC)OCCOCC. The Labute approximate surface area is 133 Å². The second-order valence-corrected chi connectivity index (χ2v) is 8.59. The lowest BCUT2D eigenvalue weighted by molar-refractivity contribution is 0.0858. The van der Waals surface area contributed by atoms with Gasteiger partial charge in [0.1, 0.15) is 0 Å². The van der Waals surface area contributed by atoms with Crippen molar-refractivity contribution in [3.05, 3.63) is 0 Å². The van der Waals surface area contributed by atoms with E-state index in [0.717, 1.165) is 18.6 Å². The summed E-state index contributed by atoms with van der Waals surface area (Å²) in [6, 6.07) is 0. The van der Waals surface area contributed by atoms with Crippen molar-refractivity contribution in [2.24, 2.45) is 0 Å². The van der Waals surface area contributed by atoms with Crippen LogP contribution in [0.4, 0.5) is 0 Å². The summed E-state index contributed by atoms with van der Waals surface area (Å²) in [7, 11) is 0. The summed E-state index contributed by atoms with van der Waals surface area (Å²) in [5.74, 6) is 0.792. The van der Waals surface area contributed by atoms with E-state index in [2.05, 4.69) is 6.92 Å². The summed E-state index contributed by atoms with van der Waals surface area (Å²) in [6.07, 6.45) is 4.59. The lowest BCUT2D eigenvalue weighted by Crippen LogP contribution is -2.06. The molecule has 0 aliphatic carbocycles. The minimum Gasteiger partial charge on any atom is -0.379 e. The van der Waals surface area contributed by atoms with Crippen LogP contribution in [0.3, 0.4) is 0 Å². The molecule has 0 atom stereocenters. The quantitative estimate of drug-likeness (QED) is 0.304. The highest BCUT2D eigenvalue weighted by molar-refractivity contribution is 8.55. The smallest absolute Gasteiger partial charge is 0.379 e. The molecule has 128 valence electrons. The molecule has 0 aliphatic heterocycles. The largest absolute Gasteiger partial charge is 0.389 e. The van der Waals surface area contributed by atoms with Gasteiger partial charge < -0.3 is 9.47 Å². The molecule has 5 nitrogen and oxygen atoms in total. The molecule has 0 heterocycles. The van der Waals surface area contributed by atoms with Crippen LogP contribution in [0.2, 0.25) is 0 Å². The first kappa shape index (κ1) is 21.4. The highest BCUT2D eigenvalue weighted by atomic mass is 32.7. The Morgan fingerprint density at radius 3 is 1.86 bits per heavy atom. The Hall–Kier alpha value is 0.420. The zero-order chi connectivity index (χ0) is 15.8. The molecular formula is C14H31O5PS. The lowest BCUT2D eigenvalue weighted by atomic mass is 10.2. The molecule has 0 spiro atoms. The first-order chi connectivity index (χ1) is 10.2. The molecule has 0 fully saturated rings. The predicted molar refractivity (Wildman–Crippen MR) is 89.1 cm³/mol. The molecule has 0 aromatic carbocycles. The Bertz CT molecular complexity index is 250. The van der Waals surface area contributed by atoms with Crippen molar-refractivity contribution in [3.63, 3.8) is 0 Å². The van der Waals surface area contributed by atoms with Crippen LogP contribution in [-0.2, 0) is 23.1 Å². The molecule has 0 saturated heterocycles. The van der Waals surface area contributed by atoms with E-state index in [4.69, 9.17) is 18.5 Å². The van der Waals surface area contributed by atoms with Crippen LogP contribution in [0.25, 0.3) is 0 Å². The molecule has 0 aliphatic rings. The summed E-state index contributed by atoms with van der Waals surface area (Å²) in [4.78, 5) is 0. The van der Waals surface area contributed by atoms with E-state index in [0.29, 0.717) is 39.6 Å². The van der Waals surface area contributed by atoms with E-state index in [1.807, 2.05) is 13.8 Å². The fourth-order valence-corrected chi connectivity index (χ4v) is 4.85. The maximum absolute atomic E-state index is 12.6. The highest BCUT2D eigenvalue weighted by Crippen LogP contribution is 2.60. The van der Waals surface area contributed by atoms with Gasteiger partial charge in [-0.1, -0.05) is 26.2 Å². The summed E-state index contributed by atoms with van der Waals surface area (Å²) in [5, 5.41) is 0. The van der Waals surface area contributed by atoms with Gasteiger partial charge in [-0.15, -0.1) is 0 Å². The third kappa shape index (κ3) is 13.8. The molecule has 21 heavy (non-hydrogen) atoms. The van der Waals surface area contributed by atoms with Crippen molar-refractivity contribution in [1.29, 1.82) is 0 Å². The summed E-state index contributed by atoms with van der Waals surface area (Å²) >= 11 is 1.29. The van der Waals surface area contributed by atoms with Gasteiger partial charge >= 0.3 is 6.80 Å². The van der Waals surface area contributed by atoms with Gasteiger partial charge in [0.05, 0.1) is 26.4 Å². The minimum atomic E-state index is -3.09. The van der Waals surface area contributed by atoms with E-state index < -0.39 is 6.80 Å². The van der Waals surface area contributed by atoms with Crippen molar-refractivity contribution in [2.75, 3.05) is 45.4 Å². The standard InChI is InChI=1S/C14H31O5PS/c1-4-7-8-9-14-21-20(15,18-12-10-16-5-2)19-13-11-17-6-3/h4-14H2,1-3H3. The molecule has 0 bridgehead atoms. The summed E-state index contributed by atoms with van der Waals surface area (Å²) < 4.78 is 33.8. The van der Waals surface area contributed by atoms with Crippen molar-refractivity contribution in [2.45, 2.75) is 46.5 Å². The number of rotatable bonds is 16. The summed E-state index contributed by atoms with van der Waals surface area (Å²) in [6.45, 7) is 5.63. The van der Waals surface area contributed by atoms with E-state index in [1.165, 1.54) is 24.2 Å². The number of hydrogen-bond donors (Lipinski definition) is 0. The third-order valence-electron chi connectivity index (χ3n) is 2.61. The van der Waals surface area contributed by atoms with Gasteiger partial charge in [0.25, 0.3) is 0 Å². The molecule has 0 N–H and O–H groups in total. The van der Waals surface area contributed by atoms with Gasteiger partial charge in [-0.2, -0.15) is 0 Å². The molecule has 0 aromatic rings. The number of hydrogen-bond acceptors (Lipinski definition) is 6. The average Bonchev–Trinajstić information content (AvgIpc) is 2.48. The van der Waals surface area contributed by atoms with E-state index >= 15 is 0 Å². The zero-order valence-corrected chi connectivity index (χ0v) is 15.4. The fourth-order valence-electron chi connectivity index (χ4n) is 1.52. The molecule has 0 unspecified atom stereocenters. The molecule has 0 amide bonds. The van der Waals surface area contributed by atoms with Crippen LogP contribution in [0, 0.1) is 0 Å². The van der Waals surface area contributed by atoms with Crippen LogP contribution < -0.4 is 0 Å². The lowest BCUT2D eigenvalue weighted by Gasteiger charge is -2.17. The fraction of sp³-hybridized carbons (Fsp3) is 1.00. The van der Waals surface area contributed by atoms with E-state index in [-0.39, 0.29) is 0 Å². The summed E-state index contributed by atoms with van der Waals surface area (Å²) in [5.41, 5.74) is 0. The zero-order valence-electron chi connectivity index (χ0n) is 13.7. The van der Waals surface area contributed by atoms with Crippen LogP contribution >= 0.6 is 18.2 Å². The van der Waals surface area contributed by atoms with Crippen molar-refractivity contribution in [3.8, 4) is 0 Å². The highest BCUT2D eigenvalue weighted by Gasteiger charge is 2.25. The van der Waals surface area contributed by atoms with Gasteiger partial charge in [-0.3, -0.25) is 9.05 Å². The second-order valence-electron chi connectivity index (χ2n) is 4.40. The van der Waals surface area contributed by atoms with Gasteiger partial charge in [0.15, 0.2) is 0 Å². The van der Waals surface area contributed by atoms with Gasteiger partial charge in [0, 0.05) is 19.0 Å². The van der Waals surface area contributed by atoms with Crippen LogP contribution in [0.1, 0.15) is 46.5 Å². The molecular weight excluding hydrogens is 311 g/mol. The topological polar surface area (TPSA) is 54.0 Å². The third-order valence-corrected chi connectivity index (χ3v) is 6.52. The van der Waals surface area contributed by atoms with Gasteiger partial charge in [-0.25, -0.2) is 4.57 Å². The molecule has 0 aromatic heterocycles. The Balaban J connectivity index is 4.02. The molecule has 0 saturated carbocycles. The molecule has 7 heteroatoms. The van der Waals surface area contributed by atoms with E-state index in [9.17, 15) is 4.57 Å². The minimum absolute atomic E-state index is 0.293. The van der Waals surface area contributed by atoms with Crippen molar-refractivity contribution < 1.29 is 23.1 Å². The normalized spacial score (nSPS) is 12.0. The monoisotopic (exact) mass is 342 g/mol. The Morgan fingerprint density at radius 1 is 0.810 bits per heavy atom. The number of unbranched alkanes of at least 4 members (excludes halogenated alkanes) is 3. The van der Waals surface area contributed by atoms with Gasteiger partial charge in [0.2, 0.25) is 0 Å².